The summed E-state index contributed by atoms with van der Waals surface area (Å²) in [6.07, 6.45) is 0.0764. The Balaban J connectivity index is 1.63. The van der Waals surface area contributed by atoms with Gasteiger partial charge in [0.1, 0.15) is 5.75 Å². The van der Waals surface area contributed by atoms with E-state index in [4.69, 9.17) is 15.2 Å². The Labute approximate surface area is 175 Å². The summed E-state index contributed by atoms with van der Waals surface area (Å²) < 4.78 is 10.9. The molecule has 1 aromatic heterocycles. The molecular weight excluding hydrogens is 382 g/mol. The third kappa shape index (κ3) is 5.66. The summed E-state index contributed by atoms with van der Waals surface area (Å²) in [4.78, 5) is 24.7. The number of ether oxygens (including phenoxy) is 2. The summed E-state index contributed by atoms with van der Waals surface area (Å²) in [7, 11) is 0. The van der Waals surface area contributed by atoms with Crippen LogP contribution in [-0.4, -0.2) is 27.0 Å². The Kier molecular flexibility index (Phi) is 6.79. The SMILES string of the molecule is CCc1ccccc1Nc1nc(N)nc(COC(=O)[C@H](C)Oc2cccc(C)c2)n1. The molecule has 2 aromatic carbocycles. The van der Waals surface area contributed by atoms with Crippen LogP contribution in [0.5, 0.6) is 5.75 Å². The molecule has 30 heavy (non-hydrogen) atoms. The molecule has 3 rings (SSSR count). The molecule has 3 aromatic rings. The van der Waals surface area contributed by atoms with Crippen LogP contribution in [0.3, 0.4) is 0 Å². The summed E-state index contributed by atoms with van der Waals surface area (Å²) in [6.45, 7) is 5.50. The van der Waals surface area contributed by atoms with Crippen molar-refractivity contribution in [3.8, 4) is 5.75 Å². The number of hydrogen-bond donors (Lipinski definition) is 2. The number of nitrogens with zero attached hydrogens (tertiary/aromatic N) is 3. The molecule has 0 radical (unpaired) electrons. The molecule has 1 heterocycles. The van der Waals surface area contributed by atoms with Gasteiger partial charge in [0, 0.05) is 5.69 Å². The first kappa shape index (κ1) is 21.0. The standard InChI is InChI=1S/C22H25N5O3/c1-4-16-9-5-6-11-18(16)24-22-26-19(25-21(23)27-22)13-29-20(28)15(3)30-17-10-7-8-14(2)12-17/h5-12,15H,4,13H2,1-3H3,(H3,23,24,25,26,27)/t15-/m0/s1. The zero-order chi connectivity index (χ0) is 21.5. The van der Waals surface area contributed by atoms with Crippen LogP contribution >= 0.6 is 0 Å². The Morgan fingerprint density at radius 1 is 1.13 bits per heavy atom. The van der Waals surface area contributed by atoms with E-state index < -0.39 is 12.1 Å². The van der Waals surface area contributed by atoms with Crippen LogP contribution in [-0.2, 0) is 22.6 Å². The molecule has 0 unspecified atom stereocenters. The van der Waals surface area contributed by atoms with Crippen molar-refractivity contribution in [3.63, 3.8) is 0 Å². The maximum atomic E-state index is 12.3. The first-order valence-corrected chi connectivity index (χ1v) is 9.70. The summed E-state index contributed by atoms with van der Waals surface area (Å²) >= 11 is 0. The number of nitrogens with one attached hydrogen (secondary N) is 1. The number of esters is 1. The monoisotopic (exact) mass is 407 g/mol. The Morgan fingerprint density at radius 3 is 2.70 bits per heavy atom. The molecule has 1 atom stereocenters. The molecule has 0 saturated carbocycles. The molecule has 0 fully saturated rings. The van der Waals surface area contributed by atoms with E-state index in [9.17, 15) is 4.79 Å². The average Bonchev–Trinajstić information content (AvgIpc) is 2.72. The van der Waals surface area contributed by atoms with E-state index in [0.717, 1.165) is 23.2 Å². The number of carbonyl (C=O) groups excluding carboxylic acids is 1. The highest BCUT2D eigenvalue weighted by atomic mass is 16.6. The minimum Gasteiger partial charge on any atom is -0.479 e. The third-order valence-electron chi connectivity index (χ3n) is 4.32. The zero-order valence-corrected chi connectivity index (χ0v) is 17.3. The van der Waals surface area contributed by atoms with Gasteiger partial charge in [-0.2, -0.15) is 15.0 Å². The minimum atomic E-state index is -0.778. The molecule has 3 N–H and O–H groups in total. The van der Waals surface area contributed by atoms with E-state index in [1.807, 2.05) is 49.4 Å². The van der Waals surface area contributed by atoms with Crippen molar-refractivity contribution in [3.05, 3.63) is 65.5 Å². The first-order valence-electron chi connectivity index (χ1n) is 9.70. The fraction of sp³-hybridized carbons (Fsp3) is 0.273. The number of aromatic nitrogens is 3. The molecule has 0 aliphatic heterocycles. The van der Waals surface area contributed by atoms with E-state index in [1.165, 1.54) is 0 Å². The van der Waals surface area contributed by atoms with Gasteiger partial charge in [-0.15, -0.1) is 0 Å². The highest BCUT2D eigenvalue weighted by Crippen LogP contribution is 2.19. The van der Waals surface area contributed by atoms with Crippen molar-refractivity contribution in [1.82, 2.24) is 15.0 Å². The highest BCUT2D eigenvalue weighted by Gasteiger charge is 2.18. The highest BCUT2D eigenvalue weighted by molar-refractivity contribution is 5.74. The summed E-state index contributed by atoms with van der Waals surface area (Å²) in [5.74, 6) is 0.649. The van der Waals surface area contributed by atoms with Crippen molar-refractivity contribution in [2.45, 2.75) is 39.9 Å². The maximum Gasteiger partial charge on any atom is 0.347 e. The summed E-state index contributed by atoms with van der Waals surface area (Å²) in [5.41, 5.74) is 8.84. The van der Waals surface area contributed by atoms with Crippen LogP contribution < -0.4 is 15.8 Å². The Bertz CT molecular complexity index is 1030. The van der Waals surface area contributed by atoms with Gasteiger partial charge in [0.05, 0.1) is 0 Å². The lowest BCUT2D eigenvalue weighted by Crippen LogP contribution is -2.26. The molecule has 0 spiro atoms. The van der Waals surface area contributed by atoms with Gasteiger partial charge < -0.3 is 20.5 Å². The first-order chi connectivity index (χ1) is 14.4. The predicted octanol–water partition coefficient (Wildman–Crippen LogP) is 3.58. The van der Waals surface area contributed by atoms with Crippen LogP contribution in [0.2, 0.25) is 0 Å². The number of carbonyl (C=O) groups is 1. The summed E-state index contributed by atoms with van der Waals surface area (Å²) in [6, 6.07) is 15.3. The Hall–Kier alpha value is -3.68. The van der Waals surface area contributed by atoms with Gasteiger partial charge in [-0.1, -0.05) is 37.3 Å². The van der Waals surface area contributed by atoms with Gasteiger partial charge in [-0.3, -0.25) is 0 Å². The lowest BCUT2D eigenvalue weighted by atomic mass is 10.1. The molecule has 0 saturated heterocycles. The van der Waals surface area contributed by atoms with E-state index in [1.54, 1.807) is 13.0 Å². The zero-order valence-electron chi connectivity index (χ0n) is 17.3. The molecule has 156 valence electrons. The predicted molar refractivity (Wildman–Crippen MR) is 114 cm³/mol. The number of anilines is 3. The van der Waals surface area contributed by atoms with Crippen molar-refractivity contribution in [2.75, 3.05) is 11.1 Å². The quantitative estimate of drug-likeness (QED) is 0.545. The van der Waals surface area contributed by atoms with E-state index >= 15 is 0 Å². The lowest BCUT2D eigenvalue weighted by molar-refractivity contribution is -0.152. The van der Waals surface area contributed by atoms with Gasteiger partial charge in [0.25, 0.3) is 0 Å². The molecule has 8 nitrogen and oxygen atoms in total. The van der Waals surface area contributed by atoms with Crippen LogP contribution in [0.1, 0.15) is 30.8 Å². The summed E-state index contributed by atoms with van der Waals surface area (Å²) in [5, 5.41) is 3.15. The van der Waals surface area contributed by atoms with Crippen LogP contribution in [0.4, 0.5) is 17.6 Å². The lowest BCUT2D eigenvalue weighted by Gasteiger charge is -2.14. The van der Waals surface area contributed by atoms with Crippen LogP contribution in [0.25, 0.3) is 0 Å². The van der Waals surface area contributed by atoms with Crippen LogP contribution in [0.15, 0.2) is 48.5 Å². The fourth-order valence-electron chi connectivity index (χ4n) is 2.82. The number of hydrogen-bond acceptors (Lipinski definition) is 8. The smallest absolute Gasteiger partial charge is 0.347 e. The second kappa shape index (κ2) is 9.69. The number of rotatable bonds is 8. The second-order valence-electron chi connectivity index (χ2n) is 6.75. The number of nitrogen functional groups attached to an aromatic ring is 1. The fourth-order valence-corrected chi connectivity index (χ4v) is 2.82. The van der Waals surface area contributed by atoms with Gasteiger partial charge in [-0.05, 0) is 49.6 Å². The van der Waals surface area contributed by atoms with Crippen molar-refractivity contribution in [2.24, 2.45) is 0 Å². The largest absolute Gasteiger partial charge is 0.479 e. The number of aryl methyl sites for hydroxylation is 2. The maximum absolute atomic E-state index is 12.3. The number of benzene rings is 2. The third-order valence-corrected chi connectivity index (χ3v) is 4.32. The topological polar surface area (TPSA) is 112 Å². The average molecular weight is 407 g/mol. The number of nitrogens with two attached hydrogens (primary N) is 1. The molecule has 8 heteroatoms. The molecule has 0 bridgehead atoms. The Morgan fingerprint density at radius 2 is 1.93 bits per heavy atom. The minimum absolute atomic E-state index is 0.0385. The van der Waals surface area contributed by atoms with Crippen molar-refractivity contribution < 1.29 is 14.3 Å². The van der Waals surface area contributed by atoms with Gasteiger partial charge in [0.15, 0.2) is 18.5 Å². The van der Waals surface area contributed by atoms with Crippen LogP contribution in [0, 0.1) is 6.92 Å². The molecule has 0 aliphatic rings. The molecule has 0 amide bonds. The molecule has 0 aliphatic carbocycles. The van der Waals surface area contributed by atoms with Gasteiger partial charge in [-0.25, -0.2) is 4.79 Å². The normalized spacial score (nSPS) is 11.6. The molecular formula is C22H25N5O3. The van der Waals surface area contributed by atoms with Crippen molar-refractivity contribution in [1.29, 1.82) is 0 Å². The van der Waals surface area contributed by atoms with Gasteiger partial charge >= 0.3 is 5.97 Å². The van der Waals surface area contributed by atoms with Gasteiger partial charge in [0.2, 0.25) is 11.9 Å². The van der Waals surface area contributed by atoms with E-state index in [2.05, 4.69) is 27.2 Å². The van der Waals surface area contributed by atoms with E-state index in [-0.39, 0.29) is 18.4 Å². The van der Waals surface area contributed by atoms with Crippen molar-refractivity contribution >= 4 is 23.6 Å². The number of para-hydroxylation sites is 1. The van der Waals surface area contributed by atoms with E-state index in [0.29, 0.717) is 11.7 Å². The second-order valence-corrected chi connectivity index (χ2v) is 6.75.